The lowest BCUT2D eigenvalue weighted by Gasteiger charge is -2.26. The fourth-order valence-corrected chi connectivity index (χ4v) is 6.29. The first-order chi connectivity index (χ1) is 22.5. The van der Waals surface area contributed by atoms with Crippen LogP contribution in [0, 0.1) is 11.1 Å². The van der Waals surface area contributed by atoms with Crippen molar-refractivity contribution in [3.63, 3.8) is 0 Å². The van der Waals surface area contributed by atoms with E-state index in [1.54, 1.807) is 20.2 Å². The molecule has 13 heteroatoms. The van der Waals surface area contributed by atoms with Crippen molar-refractivity contribution in [1.82, 2.24) is 9.80 Å². The molecule has 1 amide bonds. The standard InChI is InChI=1S/C34H37Cl2F2N3O6/c1-39(2)33(43)24-6-3-5-22(13-24)17-40-12-4-7-25(40)15-32(42)46-30(16-26-27(35)18-41(44)19-28(26)36)23-10-11-29(47-34(37)38)31(14-23)45-20-21-8-9-21/h3,5-6,10-11,13-14,18-19,21,25,30,34H,4,7-9,12,15-17,20H2,1-2H3/t25-,30-/m0/s1. The summed E-state index contributed by atoms with van der Waals surface area (Å²) >= 11 is 12.8. The van der Waals surface area contributed by atoms with Crippen LogP contribution in [0.2, 0.25) is 10.0 Å². The number of amides is 1. The molecule has 1 aliphatic heterocycles. The second kappa shape index (κ2) is 15.5. The van der Waals surface area contributed by atoms with Crippen LogP contribution in [-0.2, 0) is 22.5 Å². The van der Waals surface area contributed by atoms with E-state index in [4.69, 9.17) is 37.4 Å². The van der Waals surface area contributed by atoms with E-state index in [1.165, 1.54) is 23.1 Å². The third-order valence-corrected chi connectivity index (χ3v) is 8.97. The number of alkyl halides is 2. The molecule has 0 unspecified atom stereocenters. The number of pyridine rings is 1. The Morgan fingerprint density at radius 3 is 2.49 bits per heavy atom. The first-order valence-corrected chi connectivity index (χ1v) is 16.2. The number of rotatable bonds is 14. The van der Waals surface area contributed by atoms with Gasteiger partial charge in [-0.25, -0.2) is 0 Å². The van der Waals surface area contributed by atoms with Crippen molar-refractivity contribution in [2.75, 3.05) is 27.2 Å². The highest BCUT2D eigenvalue weighted by Gasteiger charge is 2.30. The molecule has 1 aliphatic carbocycles. The Bertz CT molecular complexity index is 1570. The summed E-state index contributed by atoms with van der Waals surface area (Å²) < 4.78 is 43.5. The molecule has 252 valence electrons. The SMILES string of the molecule is CN(C)C(=O)c1cccc(CN2CCC[C@H]2CC(=O)O[C@@H](Cc2c(Cl)c[n+]([O-])cc2Cl)c2ccc(OC(F)F)c(OCC3CC3)c2)c1. The minimum absolute atomic E-state index is 0.0163. The van der Waals surface area contributed by atoms with Crippen LogP contribution in [0.5, 0.6) is 11.5 Å². The quantitative estimate of drug-likeness (QED) is 0.107. The zero-order valence-electron chi connectivity index (χ0n) is 26.2. The molecule has 2 aromatic carbocycles. The molecule has 0 spiro atoms. The third kappa shape index (κ3) is 9.46. The van der Waals surface area contributed by atoms with E-state index in [9.17, 15) is 23.6 Å². The highest BCUT2D eigenvalue weighted by atomic mass is 35.5. The van der Waals surface area contributed by atoms with Crippen LogP contribution in [-0.4, -0.2) is 61.6 Å². The molecule has 2 aliphatic rings. The van der Waals surface area contributed by atoms with E-state index in [-0.39, 0.29) is 46.3 Å². The summed E-state index contributed by atoms with van der Waals surface area (Å²) in [6.07, 6.45) is 5.16. The van der Waals surface area contributed by atoms with Gasteiger partial charge in [0.25, 0.3) is 5.91 Å². The predicted octanol–water partition coefficient (Wildman–Crippen LogP) is 6.60. The molecule has 0 radical (unpaired) electrons. The van der Waals surface area contributed by atoms with Gasteiger partial charge in [-0.1, -0.05) is 41.4 Å². The van der Waals surface area contributed by atoms with E-state index >= 15 is 0 Å². The molecule has 2 fully saturated rings. The fraction of sp³-hybridized carbons (Fsp3) is 0.441. The summed E-state index contributed by atoms with van der Waals surface area (Å²) in [4.78, 5) is 29.8. The lowest BCUT2D eigenvalue weighted by Crippen LogP contribution is -2.32. The molecule has 2 heterocycles. The maximum atomic E-state index is 13.6. The van der Waals surface area contributed by atoms with Crippen molar-refractivity contribution in [2.45, 2.75) is 63.8 Å². The number of hydrogen-bond donors (Lipinski definition) is 0. The van der Waals surface area contributed by atoms with Crippen LogP contribution >= 0.6 is 23.2 Å². The molecule has 47 heavy (non-hydrogen) atoms. The molecule has 0 N–H and O–H groups in total. The number of benzene rings is 2. The summed E-state index contributed by atoms with van der Waals surface area (Å²) in [7, 11) is 3.41. The molecule has 1 saturated carbocycles. The molecular formula is C34H37Cl2F2N3O6. The average molecular weight is 693 g/mol. The number of esters is 1. The number of aromatic nitrogens is 1. The van der Waals surface area contributed by atoms with Crippen LogP contribution in [0.1, 0.15) is 65.3 Å². The van der Waals surface area contributed by atoms with Gasteiger partial charge in [-0.3, -0.25) is 14.5 Å². The van der Waals surface area contributed by atoms with Gasteiger partial charge in [0.05, 0.1) is 13.0 Å². The average Bonchev–Trinajstić information content (AvgIpc) is 3.75. The van der Waals surface area contributed by atoms with Gasteiger partial charge in [0.2, 0.25) is 0 Å². The molecular weight excluding hydrogens is 655 g/mol. The van der Waals surface area contributed by atoms with Crippen LogP contribution in [0.15, 0.2) is 54.9 Å². The van der Waals surface area contributed by atoms with Gasteiger partial charge in [0, 0.05) is 44.2 Å². The highest BCUT2D eigenvalue weighted by Crippen LogP contribution is 2.38. The predicted molar refractivity (Wildman–Crippen MR) is 172 cm³/mol. The van der Waals surface area contributed by atoms with Crippen molar-refractivity contribution in [3.8, 4) is 11.5 Å². The molecule has 1 aromatic heterocycles. The van der Waals surface area contributed by atoms with Crippen LogP contribution in [0.3, 0.4) is 0 Å². The molecule has 1 saturated heterocycles. The normalized spacial score (nSPS) is 17.0. The van der Waals surface area contributed by atoms with Crippen LogP contribution < -0.4 is 14.2 Å². The number of carbonyl (C=O) groups excluding carboxylic acids is 2. The third-order valence-electron chi connectivity index (χ3n) is 8.32. The Balaban J connectivity index is 1.35. The van der Waals surface area contributed by atoms with E-state index in [0.717, 1.165) is 50.2 Å². The Kier molecular flexibility index (Phi) is 11.4. The van der Waals surface area contributed by atoms with Gasteiger partial charge in [0.1, 0.15) is 16.1 Å². The lowest BCUT2D eigenvalue weighted by atomic mass is 10.0. The van der Waals surface area contributed by atoms with E-state index in [1.807, 2.05) is 18.2 Å². The Morgan fingerprint density at radius 1 is 1.06 bits per heavy atom. The second-order valence-corrected chi connectivity index (χ2v) is 13.0. The monoisotopic (exact) mass is 691 g/mol. The molecule has 2 atom stereocenters. The number of hydrogen-bond acceptors (Lipinski definition) is 7. The Labute approximate surface area is 282 Å². The van der Waals surface area contributed by atoms with Gasteiger partial charge in [-0.05, 0) is 73.5 Å². The number of likely N-dealkylation sites (tertiary alicyclic amines) is 1. The molecule has 3 aromatic rings. The summed E-state index contributed by atoms with van der Waals surface area (Å²) in [5.74, 6) is -0.236. The number of carbonyl (C=O) groups is 2. The second-order valence-electron chi connectivity index (χ2n) is 12.2. The largest absolute Gasteiger partial charge is 0.619 e. The summed E-state index contributed by atoms with van der Waals surface area (Å²) in [6.45, 7) is -1.36. The first-order valence-electron chi connectivity index (χ1n) is 15.5. The summed E-state index contributed by atoms with van der Waals surface area (Å²) in [6, 6.07) is 11.8. The maximum Gasteiger partial charge on any atom is 0.387 e. The summed E-state index contributed by atoms with van der Waals surface area (Å²) in [5, 5.41) is 12.1. The van der Waals surface area contributed by atoms with Gasteiger partial charge in [0.15, 0.2) is 23.9 Å². The van der Waals surface area contributed by atoms with Crippen LogP contribution in [0.25, 0.3) is 0 Å². The van der Waals surface area contributed by atoms with Crippen molar-refractivity contribution in [2.24, 2.45) is 5.92 Å². The fourth-order valence-electron chi connectivity index (χ4n) is 5.69. The minimum atomic E-state index is -3.05. The van der Waals surface area contributed by atoms with E-state index < -0.39 is 18.7 Å². The van der Waals surface area contributed by atoms with Gasteiger partial charge in [-0.15, -0.1) is 0 Å². The van der Waals surface area contributed by atoms with E-state index in [2.05, 4.69) is 4.90 Å². The van der Waals surface area contributed by atoms with Crippen molar-refractivity contribution >= 4 is 35.1 Å². The topological polar surface area (TPSA) is 95.3 Å². The molecule has 9 nitrogen and oxygen atoms in total. The number of ether oxygens (including phenoxy) is 3. The maximum absolute atomic E-state index is 13.6. The highest BCUT2D eigenvalue weighted by molar-refractivity contribution is 6.35. The van der Waals surface area contributed by atoms with Gasteiger partial charge < -0.3 is 24.3 Å². The van der Waals surface area contributed by atoms with Gasteiger partial charge >= 0.3 is 12.6 Å². The lowest BCUT2D eigenvalue weighted by molar-refractivity contribution is -0.605. The Morgan fingerprint density at radius 2 is 1.81 bits per heavy atom. The van der Waals surface area contributed by atoms with Crippen molar-refractivity contribution < 1.29 is 37.3 Å². The van der Waals surface area contributed by atoms with E-state index in [0.29, 0.717) is 40.5 Å². The molecule has 0 bridgehead atoms. The zero-order chi connectivity index (χ0) is 33.7. The van der Waals surface area contributed by atoms with Crippen LogP contribution in [0.4, 0.5) is 8.78 Å². The number of nitrogens with zero attached hydrogens (tertiary/aromatic N) is 3. The number of halogens is 4. The Hall–Kier alpha value is -3.67. The van der Waals surface area contributed by atoms with Crippen molar-refractivity contribution in [1.29, 1.82) is 0 Å². The van der Waals surface area contributed by atoms with Gasteiger partial charge in [-0.2, -0.15) is 13.5 Å². The first kappa shape index (κ1) is 34.7. The molecule has 5 rings (SSSR count). The smallest absolute Gasteiger partial charge is 0.387 e. The zero-order valence-corrected chi connectivity index (χ0v) is 27.7. The minimum Gasteiger partial charge on any atom is -0.619 e. The van der Waals surface area contributed by atoms with Crippen molar-refractivity contribution in [3.05, 3.63) is 92.4 Å². The summed E-state index contributed by atoms with van der Waals surface area (Å²) in [5.41, 5.74) is 2.41.